The summed E-state index contributed by atoms with van der Waals surface area (Å²) in [5.41, 5.74) is 0. The van der Waals surface area contributed by atoms with Gasteiger partial charge in [0.15, 0.2) is 0 Å². The van der Waals surface area contributed by atoms with Crippen LogP contribution in [0.2, 0.25) is 0 Å². The monoisotopic (exact) mass is 152 g/mol. The number of rotatable bonds is 3. The summed E-state index contributed by atoms with van der Waals surface area (Å²) in [6.45, 7) is 0.729. The molecule has 1 aromatic rings. The highest BCUT2D eigenvalue weighted by atomic mass is 16.4. The van der Waals surface area contributed by atoms with Crippen LogP contribution in [0.1, 0.15) is 30.4 Å². The molecule has 1 saturated carbocycles. The molecule has 0 radical (unpaired) electrons. The van der Waals surface area contributed by atoms with E-state index < -0.39 is 0 Å². The van der Waals surface area contributed by atoms with E-state index in [1.807, 2.05) is 13.2 Å². The quantitative estimate of drug-likeness (QED) is 0.708. The molecule has 3 nitrogen and oxygen atoms in total. The topological polar surface area (TPSA) is 38.1 Å². The minimum absolute atomic E-state index is 0.674. The minimum Gasteiger partial charge on any atom is -0.444 e. The number of oxazole rings is 1. The molecule has 1 aliphatic rings. The smallest absolute Gasteiger partial charge is 0.208 e. The molecule has 0 atom stereocenters. The second kappa shape index (κ2) is 2.66. The molecule has 0 saturated heterocycles. The minimum atomic E-state index is 0.674. The van der Waals surface area contributed by atoms with Crippen molar-refractivity contribution in [2.45, 2.75) is 25.3 Å². The van der Waals surface area contributed by atoms with Gasteiger partial charge in [-0.25, -0.2) is 4.98 Å². The fourth-order valence-corrected chi connectivity index (χ4v) is 1.11. The summed E-state index contributed by atoms with van der Waals surface area (Å²) in [4.78, 5) is 4.14. The van der Waals surface area contributed by atoms with E-state index in [9.17, 15) is 0 Å². The third-order valence-corrected chi connectivity index (χ3v) is 1.88. The maximum Gasteiger partial charge on any atom is 0.208 e. The molecule has 1 fully saturated rings. The standard InChI is InChI=1S/C8H12N2O/c1-9-5-8-10-4-7(11-8)6-2-3-6/h4,6,9H,2-3,5H2,1H3. The van der Waals surface area contributed by atoms with Crippen LogP contribution >= 0.6 is 0 Å². The first kappa shape index (κ1) is 6.85. The zero-order chi connectivity index (χ0) is 7.68. The molecule has 1 aliphatic carbocycles. The molecule has 1 heterocycles. The number of hydrogen-bond donors (Lipinski definition) is 1. The molecular weight excluding hydrogens is 140 g/mol. The molecule has 2 rings (SSSR count). The molecule has 0 amide bonds. The average Bonchev–Trinajstić information content (AvgIpc) is 2.75. The van der Waals surface area contributed by atoms with Gasteiger partial charge in [-0.3, -0.25) is 0 Å². The van der Waals surface area contributed by atoms with Gasteiger partial charge in [0.2, 0.25) is 5.89 Å². The fraction of sp³-hybridized carbons (Fsp3) is 0.625. The highest BCUT2D eigenvalue weighted by Crippen LogP contribution is 2.40. The lowest BCUT2D eigenvalue weighted by molar-refractivity contribution is 0.445. The van der Waals surface area contributed by atoms with Crippen LogP contribution in [0, 0.1) is 0 Å². The van der Waals surface area contributed by atoms with Gasteiger partial charge >= 0.3 is 0 Å². The van der Waals surface area contributed by atoms with Gasteiger partial charge in [-0.2, -0.15) is 0 Å². The molecular formula is C8H12N2O. The van der Waals surface area contributed by atoms with Gasteiger partial charge in [0.25, 0.3) is 0 Å². The zero-order valence-electron chi connectivity index (χ0n) is 6.63. The van der Waals surface area contributed by atoms with Crippen LogP contribution in [-0.2, 0) is 6.54 Å². The Labute approximate surface area is 65.8 Å². The lowest BCUT2D eigenvalue weighted by Gasteiger charge is -1.90. The molecule has 0 spiro atoms. The number of aromatic nitrogens is 1. The van der Waals surface area contributed by atoms with Gasteiger partial charge in [0.05, 0.1) is 12.7 Å². The maximum absolute atomic E-state index is 5.47. The highest BCUT2D eigenvalue weighted by Gasteiger charge is 2.27. The molecule has 0 aromatic carbocycles. The van der Waals surface area contributed by atoms with Crippen molar-refractivity contribution in [3.63, 3.8) is 0 Å². The van der Waals surface area contributed by atoms with Crippen molar-refractivity contribution < 1.29 is 4.42 Å². The summed E-state index contributed by atoms with van der Waals surface area (Å²) in [6, 6.07) is 0. The summed E-state index contributed by atoms with van der Waals surface area (Å²) in [6.07, 6.45) is 4.40. The Hall–Kier alpha value is -0.830. The first-order valence-corrected chi connectivity index (χ1v) is 3.99. The predicted octanol–water partition coefficient (Wildman–Crippen LogP) is 1.27. The van der Waals surface area contributed by atoms with E-state index >= 15 is 0 Å². The Morgan fingerprint density at radius 3 is 3.18 bits per heavy atom. The van der Waals surface area contributed by atoms with E-state index in [-0.39, 0.29) is 0 Å². The SMILES string of the molecule is CNCc1ncc(C2CC2)o1. The maximum atomic E-state index is 5.47. The van der Waals surface area contributed by atoms with Gasteiger partial charge in [0, 0.05) is 5.92 Å². The zero-order valence-corrected chi connectivity index (χ0v) is 6.63. The average molecular weight is 152 g/mol. The Morgan fingerprint density at radius 1 is 1.73 bits per heavy atom. The van der Waals surface area contributed by atoms with Gasteiger partial charge < -0.3 is 9.73 Å². The summed E-state index contributed by atoms with van der Waals surface area (Å²) < 4.78 is 5.47. The Morgan fingerprint density at radius 2 is 2.55 bits per heavy atom. The Bertz CT molecular complexity index is 240. The molecule has 1 N–H and O–H groups in total. The van der Waals surface area contributed by atoms with Gasteiger partial charge in [-0.1, -0.05) is 0 Å². The van der Waals surface area contributed by atoms with Gasteiger partial charge in [0.1, 0.15) is 5.76 Å². The highest BCUT2D eigenvalue weighted by molar-refractivity contribution is 5.08. The van der Waals surface area contributed by atoms with Crippen molar-refractivity contribution in [1.82, 2.24) is 10.3 Å². The normalized spacial score (nSPS) is 17.2. The van der Waals surface area contributed by atoms with Crippen LogP contribution in [0.5, 0.6) is 0 Å². The molecule has 60 valence electrons. The first-order valence-electron chi connectivity index (χ1n) is 3.99. The van der Waals surface area contributed by atoms with E-state index in [1.54, 1.807) is 0 Å². The van der Waals surface area contributed by atoms with E-state index in [2.05, 4.69) is 10.3 Å². The van der Waals surface area contributed by atoms with E-state index in [0.717, 1.165) is 18.2 Å². The lowest BCUT2D eigenvalue weighted by Crippen LogP contribution is -2.04. The molecule has 0 unspecified atom stereocenters. The van der Waals surface area contributed by atoms with E-state index in [4.69, 9.17) is 4.42 Å². The van der Waals surface area contributed by atoms with Crippen LogP contribution in [0.25, 0.3) is 0 Å². The lowest BCUT2D eigenvalue weighted by atomic mass is 10.3. The fourth-order valence-electron chi connectivity index (χ4n) is 1.11. The van der Waals surface area contributed by atoms with Crippen LogP contribution in [0.4, 0.5) is 0 Å². The number of hydrogen-bond acceptors (Lipinski definition) is 3. The van der Waals surface area contributed by atoms with Crippen LogP contribution < -0.4 is 5.32 Å². The Kier molecular flexibility index (Phi) is 1.66. The van der Waals surface area contributed by atoms with Crippen LogP contribution in [0.15, 0.2) is 10.6 Å². The second-order valence-corrected chi connectivity index (χ2v) is 2.96. The van der Waals surface area contributed by atoms with Crippen molar-refractivity contribution in [2.24, 2.45) is 0 Å². The molecule has 0 aliphatic heterocycles. The summed E-state index contributed by atoms with van der Waals surface area (Å²) in [5, 5.41) is 3.00. The molecule has 0 bridgehead atoms. The van der Waals surface area contributed by atoms with Crippen LogP contribution in [-0.4, -0.2) is 12.0 Å². The molecule has 3 heteroatoms. The summed E-state index contributed by atoms with van der Waals surface area (Å²) in [7, 11) is 1.89. The molecule has 11 heavy (non-hydrogen) atoms. The molecule has 1 aromatic heterocycles. The van der Waals surface area contributed by atoms with Crippen molar-refractivity contribution in [1.29, 1.82) is 0 Å². The Balaban J connectivity index is 2.06. The summed E-state index contributed by atoms with van der Waals surface area (Å²) in [5.74, 6) is 2.54. The van der Waals surface area contributed by atoms with Gasteiger partial charge in [-0.05, 0) is 19.9 Å². The van der Waals surface area contributed by atoms with Crippen molar-refractivity contribution in [2.75, 3.05) is 7.05 Å². The van der Waals surface area contributed by atoms with E-state index in [0.29, 0.717) is 5.92 Å². The van der Waals surface area contributed by atoms with Crippen molar-refractivity contribution in [3.8, 4) is 0 Å². The van der Waals surface area contributed by atoms with Gasteiger partial charge in [-0.15, -0.1) is 0 Å². The summed E-state index contributed by atoms with van der Waals surface area (Å²) >= 11 is 0. The number of nitrogens with zero attached hydrogens (tertiary/aromatic N) is 1. The van der Waals surface area contributed by atoms with Crippen LogP contribution in [0.3, 0.4) is 0 Å². The first-order chi connectivity index (χ1) is 5.40. The van der Waals surface area contributed by atoms with Crippen molar-refractivity contribution in [3.05, 3.63) is 17.8 Å². The van der Waals surface area contributed by atoms with E-state index in [1.165, 1.54) is 12.8 Å². The third-order valence-electron chi connectivity index (χ3n) is 1.88. The van der Waals surface area contributed by atoms with Crippen molar-refractivity contribution >= 4 is 0 Å². The number of nitrogens with one attached hydrogen (secondary N) is 1. The largest absolute Gasteiger partial charge is 0.444 e. The third kappa shape index (κ3) is 1.43. The second-order valence-electron chi connectivity index (χ2n) is 2.96. The predicted molar refractivity (Wildman–Crippen MR) is 41.2 cm³/mol.